The maximum atomic E-state index is 12.4. The summed E-state index contributed by atoms with van der Waals surface area (Å²) in [7, 11) is 1.60. The van der Waals surface area contributed by atoms with Crippen LogP contribution >= 0.6 is 7.82 Å². The molecule has 0 radical (unpaired) electrons. The average molecular weight is 781 g/mol. The molecule has 0 aliphatic carbocycles. The van der Waals surface area contributed by atoms with E-state index in [1.165, 1.54) is 70.6 Å². The summed E-state index contributed by atoms with van der Waals surface area (Å²) >= 11 is 0. The van der Waals surface area contributed by atoms with Gasteiger partial charge in [0.1, 0.15) is 19.8 Å². The molecule has 0 amide bonds. The lowest BCUT2D eigenvalue weighted by Crippen LogP contribution is -2.37. The number of hydrogen-bond acceptors (Lipinski definition) is 7. The van der Waals surface area contributed by atoms with Crippen molar-refractivity contribution in [3.8, 4) is 0 Å². The Labute approximate surface area is 330 Å². The smallest absolute Gasteiger partial charge is 0.472 e. The first-order valence-electron chi connectivity index (χ1n) is 21.0. The lowest BCUT2D eigenvalue weighted by atomic mass is 10.0. The number of carbonyl (C=O) groups excluding carboxylic acids is 2. The second-order valence-electron chi connectivity index (χ2n) is 15.1. The van der Waals surface area contributed by atoms with E-state index in [1.807, 2.05) is 45.4 Å². The first kappa shape index (κ1) is 51.7. The molecule has 0 aromatic heterocycles. The molecule has 9 nitrogen and oxygen atoms in total. The number of likely N-dealkylation sites (N-methyl/N-ethyl adjacent to an activating group) is 1. The van der Waals surface area contributed by atoms with Crippen LogP contribution in [0.1, 0.15) is 155 Å². The Hall–Kier alpha value is -2.29. The number of phosphoric acid groups is 1. The predicted molar refractivity (Wildman–Crippen MR) is 224 cm³/mol. The molecule has 10 heteroatoms. The number of ketones is 1. The fourth-order valence-corrected chi connectivity index (χ4v) is 5.99. The third-order valence-electron chi connectivity index (χ3n) is 8.65. The van der Waals surface area contributed by atoms with Crippen molar-refractivity contribution in [2.24, 2.45) is 0 Å². The van der Waals surface area contributed by atoms with Gasteiger partial charge in [-0.1, -0.05) is 140 Å². The van der Waals surface area contributed by atoms with Crippen molar-refractivity contribution in [2.75, 3.05) is 47.5 Å². The highest BCUT2D eigenvalue weighted by Gasteiger charge is 2.25. The van der Waals surface area contributed by atoms with E-state index in [1.54, 1.807) is 12.3 Å². The molecule has 0 aliphatic heterocycles. The molecule has 0 spiro atoms. The van der Waals surface area contributed by atoms with E-state index in [-0.39, 0.29) is 38.0 Å². The van der Waals surface area contributed by atoms with Gasteiger partial charge in [0.25, 0.3) is 0 Å². The van der Waals surface area contributed by atoms with Crippen LogP contribution in [0, 0.1) is 0 Å². The van der Waals surface area contributed by atoms with Crippen molar-refractivity contribution in [3.63, 3.8) is 0 Å². The number of carbonyl (C=O) groups is 2. The van der Waals surface area contributed by atoms with Crippen LogP contribution in [-0.4, -0.2) is 74.7 Å². The molecule has 0 saturated carbocycles. The highest BCUT2D eigenvalue weighted by molar-refractivity contribution is 7.47. The van der Waals surface area contributed by atoms with Gasteiger partial charge in [0.15, 0.2) is 11.9 Å². The first-order chi connectivity index (χ1) is 26.0. The van der Waals surface area contributed by atoms with Gasteiger partial charge in [-0.05, 0) is 57.1 Å². The average Bonchev–Trinajstić information content (AvgIpc) is 3.12. The molecule has 2 atom stereocenters. The van der Waals surface area contributed by atoms with Crippen LogP contribution in [0.25, 0.3) is 0 Å². The Morgan fingerprint density at radius 1 is 0.648 bits per heavy atom. The van der Waals surface area contributed by atoms with Gasteiger partial charge in [0.2, 0.25) is 0 Å². The zero-order valence-corrected chi connectivity index (χ0v) is 35.8. The molecule has 0 aromatic carbocycles. The number of quaternary nitrogens is 1. The maximum absolute atomic E-state index is 12.4. The standard InChI is InChI=1S/C44H78NO8P/c1-6-8-10-11-12-13-14-15-16-20-23-26-29-33-38-50-43(41-53-54(48,49)52-39-37-45(3,4)5)40-51-44(47)36-32-28-25-22-19-17-18-21-24-27-31-35-42(46)34-30-9-7-2/h17-18,22,24-25,27,31,33,35,38,43H,6-16,19-21,23,26,28-30,32,34,36-37,39-41H2,1-5H3/p+1/b18-17-,25-22-,27-24-,35-31+,38-33+/t43-/m1/s1. The van der Waals surface area contributed by atoms with Crippen molar-refractivity contribution in [1.29, 1.82) is 0 Å². The number of hydrogen-bond donors (Lipinski definition) is 1. The van der Waals surface area contributed by atoms with Gasteiger partial charge in [0.05, 0.1) is 34.0 Å². The van der Waals surface area contributed by atoms with Gasteiger partial charge in [-0.25, -0.2) is 4.57 Å². The van der Waals surface area contributed by atoms with E-state index in [0.29, 0.717) is 23.9 Å². The number of esters is 1. The summed E-state index contributed by atoms with van der Waals surface area (Å²) in [5.41, 5.74) is 0. The number of ether oxygens (including phenoxy) is 2. The molecule has 54 heavy (non-hydrogen) atoms. The molecule has 0 aliphatic rings. The van der Waals surface area contributed by atoms with E-state index in [9.17, 15) is 19.0 Å². The molecule has 0 bridgehead atoms. The largest absolute Gasteiger partial charge is 0.492 e. The van der Waals surface area contributed by atoms with Crippen LogP contribution < -0.4 is 0 Å². The number of allylic oxidation sites excluding steroid dienone is 9. The highest BCUT2D eigenvalue weighted by atomic mass is 31.2. The fourth-order valence-electron chi connectivity index (χ4n) is 5.25. The fraction of sp³-hybridized carbons (Fsp3) is 0.727. The topological polar surface area (TPSA) is 108 Å². The molecule has 1 N–H and O–H groups in total. The van der Waals surface area contributed by atoms with E-state index < -0.39 is 13.9 Å². The summed E-state index contributed by atoms with van der Waals surface area (Å²) in [5.74, 6) is -0.173. The Kier molecular flexibility index (Phi) is 34.8. The summed E-state index contributed by atoms with van der Waals surface area (Å²) in [6.45, 7) is 4.65. The van der Waals surface area contributed by atoms with Crippen LogP contribution in [0.4, 0.5) is 0 Å². The molecule has 0 aromatic rings. The highest BCUT2D eigenvalue weighted by Crippen LogP contribution is 2.43. The van der Waals surface area contributed by atoms with Crippen LogP contribution in [0.3, 0.4) is 0 Å². The minimum Gasteiger partial charge on any atom is -0.492 e. The van der Waals surface area contributed by atoms with Crippen molar-refractivity contribution in [2.45, 2.75) is 161 Å². The third kappa shape index (κ3) is 39.4. The first-order valence-corrected chi connectivity index (χ1v) is 22.5. The minimum absolute atomic E-state index is 0.0695. The lowest BCUT2D eigenvalue weighted by molar-refractivity contribution is -0.870. The molecular formula is C44H79NO8P+. The van der Waals surface area contributed by atoms with Crippen LogP contribution in [-0.2, 0) is 32.7 Å². The zero-order chi connectivity index (χ0) is 40.0. The summed E-state index contributed by atoms with van der Waals surface area (Å²) in [4.78, 5) is 34.3. The molecule has 0 fully saturated rings. The minimum atomic E-state index is -4.29. The van der Waals surface area contributed by atoms with Crippen molar-refractivity contribution >= 4 is 19.6 Å². The number of phosphoric ester groups is 1. The molecule has 0 saturated heterocycles. The van der Waals surface area contributed by atoms with Crippen molar-refractivity contribution in [1.82, 2.24) is 0 Å². The molecule has 0 heterocycles. The van der Waals surface area contributed by atoms with Crippen molar-refractivity contribution < 1.29 is 42.1 Å². The molecule has 1 unspecified atom stereocenters. The number of nitrogens with zero attached hydrogens (tertiary/aromatic N) is 1. The Morgan fingerprint density at radius 2 is 1.22 bits per heavy atom. The van der Waals surface area contributed by atoms with Gasteiger partial charge in [-0.2, -0.15) is 0 Å². The van der Waals surface area contributed by atoms with Gasteiger partial charge in [0, 0.05) is 12.8 Å². The zero-order valence-electron chi connectivity index (χ0n) is 34.9. The van der Waals surface area contributed by atoms with E-state index in [0.717, 1.165) is 51.4 Å². The van der Waals surface area contributed by atoms with Gasteiger partial charge in [-0.15, -0.1) is 0 Å². The maximum Gasteiger partial charge on any atom is 0.472 e. The second-order valence-corrected chi connectivity index (χ2v) is 16.6. The predicted octanol–water partition coefficient (Wildman–Crippen LogP) is 11.7. The monoisotopic (exact) mass is 781 g/mol. The molecule has 312 valence electrons. The summed E-state index contributed by atoms with van der Waals surface area (Å²) < 4.78 is 34.6. The molecule has 0 rings (SSSR count). The SMILES string of the molecule is CCCCCCCCCCCCCC/C=C/O[C@H](COC(=O)CCC/C=C\C/C=C\C/C=C\C=C\C(=O)CCCCC)COP(=O)(O)OCC[N+](C)(C)C. The van der Waals surface area contributed by atoms with E-state index >= 15 is 0 Å². The van der Waals surface area contributed by atoms with E-state index in [2.05, 4.69) is 38.2 Å². The van der Waals surface area contributed by atoms with Gasteiger partial charge >= 0.3 is 13.8 Å². The van der Waals surface area contributed by atoms with E-state index in [4.69, 9.17) is 18.5 Å². The lowest BCUT2D eigenvalue weighted by Gasteiger charge is -2.24. The molecular weight excluding hydrogens is 701 g/mol. The van der Waals surface area contributed by atoms with Crippen LogP contribution in [0.5, 0.6) is 0 Å². The number of rotatable bonds is 38. The Bertz CT molecular complexity index is 1110. The quantitative estimate of drug-likeness (QED) is 0.00964. The normalized spacial score (nSPS) is 14.3. The number of unbranched alkanes of at least 4 members (excludes halogenated alkanes) is 15. The van der Waals surface area contributed by atoms with Crippen molar-refractivity contribution in [3.05, 3.63) is 60.9 Å². The van der Waals surface area contributed by atoms with Gasteiger partial charge in [-0.3, -0.25) is 18.6 Å². The summed E-state index contributed by atoms with van der Waals surface area (Å²) in [6, 6.07) is 0. The summed E-state index contributed by atoms with van der Waals surface area (Å²) in [6.07, 6.45) is 42.0. The Balaban J connectivity index is 4.45. The second kappa shape index (κ2) is 36.4. The van der Waals surface area contributed by atoms with Crippen LogP contribution in [0.2, 0.25) is 0 Å². The Morgan fingerprint density at radius 3 is 1.87 bits per heavy atom. The third-order valence-corrected chi connectivity index (χ3v) is 9.63. The summed E-state index contributed by atoms with van der Waals surface area (Å²) in [5, 5.41) is 0. The van der Waals surface area contributed by atoms with Crippen LogP contribution in [0.15, 0.2) is 60.9 Å². The van der Waals surface area contributed by atoms with Gasteiger partial charge < -0.3 is 18.9 Å².